The normalized spacial score (nSPS) is 17.1. The van der Waals surface area contributed by atoms with Crippen molar-refractivity contribution in [3.05, 3.63) is 70.7 Å². The van der Waals surface area contributed by atoms with Gasteiger partial charge >= 0.3 is 5.97 Å². The van der Waals surface area contributed by atoms with Crippen LogP contribution in [0.15, 0.2) is 54.6 Å². The van der Waals surface area contributed by atoms with Gasteiger partial charge in [0.25, 0.3) is 0 Å². The second kappa shape index (κ2) is 10.1. The highest BCUT2D eigenvalue weighted by Crippen LogP contribution is 2.47. The molecule has 0 aromatic heterocycles. The van der Waals surface area contributed by atoms with E-state index in [9.17, 15) is 4.79 Å². The van der Waals surface area contributed by atoms with Crippen LogP contribution in [0.2, 0.25) is 5.02 Å². The molecule has 28 heavy (non-hydrogen) atoms. The molecule has 2 aromatic rings. The van der Waals surface area contributed by atoms with Crippen molar-refractivity contribution in [2.45, 2.75) is 57.1 Å². The van der Waals surface area contributed by atoms with E-state index >= 15 is 0 Å². The number of halogens is 1. The fraction of sp³-hybridized carbons (Fsp3) is 0.435. The van der Waals surface area contributed by atoms with Gasteiger partial charge in [0.05, 0.1) is 0 Å². The summed E-state index contributed by atoms with van der Waals surface area (Å²) in [7, 11) is 0. The SMILES string of the molecule is CC(C)C[C@H](N)C1(c2ccc(Cl)cc2)CCC1.O=C(O)C(O)c1ccccc1. The first kappa shape index (κ1) is 22.4. The Labute approximate surface area is 172 Å². The maximum Gasteiger partial charge on any atom is 0.337 e. The summed E-state index contributed by atoms with van der Waals surface area (Å²) in [4.78, 5) is 10.2. The molecule has 0 aliphatic heterocycles. The first-order valence-corrected chi connectivity index (χ1v) is 10.1. The number of benzene rings is 2. The molecule has 1 aliphatic rings. The molecule has 4 N–H and O–H groups in total. The van der Waals surface area contributed by atoms with E-state index in [0.717, 1.165) is 11.4 Å². The lowest BCUT2D eigenvalue weighted by molar-refractivity contribution is -0.146. The molecule has 2 atom stereocenters. The predicted octanol–water partition coefficient (Wildman–Crippen LogP) is 4.94. The van der Waals surface area contributed by atoms with E-state index in [1.807, 2.05) is 12.1 Å². The summed E-state index contributed by atoms with van der Waals surface area (Å²) >= 11 is 5.96. The number of rotatable bonds is 6. The minimum absolute atomic E-state index is 0.217. The zero-order valence-electron chi connectivity index (χ0n) is 16.5. The van der Waals surface area contributed by atoms with E-state index in [2.05, 4.69) is 26.0 Å². The fourth-order valence-corrected chi connectivity index (χ4v) is 3.85. The van der Waals surface area contributed by atoms with Crippen molar-refractivity contribution in [2.75, 3.05) is 0 Å². The number of carboxylic acid groups (broad SMARTS) is 1. The third-order valence-electron chi connectivity index (χ3n) is 5.45. The molecule has 1 saturated carbocycles. The van der Waals surface area contributed by atoms with Crippen LogP contribution >= 0.6 is 11.6 Å². The summed E-state index contributed by atoms with van der Waals surface area (Å²) < 4.78 is 0. The molecule has 0 radical (unpaired) electrons. The quantitative estimate of drug-likeness (QED) is 0.637. The first-order valence-electron chi connectivity index (χ1n) is 9.73. The summed E-state index contributed by atoms with van der Waals surface area (Å²) in [5.41, 5.74) is 8.45. The lowest BCUT2D eigenvalue weighted by Crippen LogP contribution is -2.50. The van der Waals surface area contributed by atoms with Gasteiger partial charge in [0.2, 0.25) is 0 Å². The van der Waals surface area contributed by atoms with Crippen LogP contribution in [0.4, 0.5) is 0 Å². The van der Waals surface area contributed by atoms with Gasteiger partial charge in [-0.3, -0.25) is 0 Å². The van der Waals surface area contributed by atoms with Crippen molar-refractivity contribution in [3.63, 3.8) is 0 Å². The second-order valence-electron chi connectivity index (χ2n) is 7.90. The highest BCUT2D eigenvalue weighted by molar-refractivity contribution is 6.30. The largest absolute Gasteiger partial charge is 0.479 e. The Hall–Kier alpha value is -1.88. The van der Waals surface area contributed by atoms with E-state index in [4.69, 9.17) is 27.5 Å². The molecule has 152 valence electrons. The highest BCUT2D eigenvalue weighted by Gasteiger charge is 2.43. The summed E-state index contributed by atoms with van der Waals surface area (Å²) in [5, 5.41) is 18.2. The molecule has 3 rings (SSSR count). The number of aliphatic carboxylic acids is 1. The van der Waals surface area contributed by atoms with Gasteiger partial charge in [0.15, 0.2) is 6.10 Å². The van der Waals surface area contributed by atoms with E-state index in [0.29, 0.717) is 11.5 Å². The van der Waals surface area contributed by atoms with E-state index in [-0.39, 0.29) is 11.5 Å². The van der Waals surface area contributed by atoms with Gasteiger partial charge < -0.3 is 15.9 Å². The molecule has 0 bridgehead atoms. The number of aliphatic hydroxyl groups excluding tert-OH is 1. The molecule has 5 heteroatoms. The Morgan fingerprint density at radius 1 is 1.11 bits per heavy atom. The van der Waals surface area contributed by atoms with Crippen molar-refractivity contribution in [3.8, 4) is 0 Å². The van der Waals surface area contributed by atoms with Gasteiger partial charge in [-0.05, 0) is 48.4 Å². The number of nitrogens with two attached hydrogens (primary N) is 1. The second-order valence-corrected chi connectivity index (χ2v) is 8.34. The van der Waals surface area contributed by atoms with Crippen LogP contribution in [0.25, 0.3) is 0 Å². The lowest BCUT2D eigenvalue weighted by atomic mass is 9.59. The molecule has 4 nitrogen and oxygen atoms in total. The standard InChI is InChI=1S/C15H22ClN.C8H8O3/c1-11(2)10-14(17)15(8-3-9-15)12-4-6-13(16)7-5-12;9-7(8(10)11)6-4-2-1-3-5-6/h4-7,11,14H,3,8-10,17H2,1-2H3;1-5,7,9H,(H,10,11)/t14-;/m0./s1. The van der Waals surface area contributed by atoms with Gasteiger partial charge in [-0.15, -0.1) is 0 Å². The Kier molecular flexibility index (Phi) is 8.05. The zero-order valence-corrected chi connectivity index (χ0v) is 17.3. The van der Waals surface area contributed by atoms with E-state index in [1.54, 1.807) is 30.3 Å². The maximum atomic E-state index is 10.2. The summed E-state index contributed by atoms with van der Waals surface area (Å²) in [5.74, 6) is -0.564. The molecule has 1 fully saturated rings. The molecule has 0 amide bonds. The van der Waals surface area contributed by atoms with Crippen LogP contribution in [-0.4, -0.2) is 22.2 Å². The third kappa shape index (κ3) is 5.57. The molecule has 0 heterocycles. The molecule has 2 aromatic carbocycles. The molecular formula is C23H30ClNO3. The number of aliphatic hydroxyl groups is 1. The Bertz CT molecular complexity index is 742. The Morgan fingerprint density at radius 2 is 1.68 bits per heavy atom. The van der Waals surface area contributed by atoms with Crippen molar-refractivity contribution in [1.29, 1.82) is 0 Å². The van der Waals surface area contributed by atoms with Gasteiger partial charge in [0, 0.05) is 16.5 Å². The number of carbonyl (C=O) groups is 1. The van der Waals surface area contributed by atoms with Crippen molar-refractivity contribution in [2.24, 2.45) is 11.7 Å². The Balaban J connectivity index is 0.000000221. The molecule has 0 saturated heterocycles. The van der Waals surface area contributed by atoms with Crippen molar-refractivity contribution < 1.29 is 15.0 Å². The van der Waals surface area contributed by atoms with E-state index in [1.165, 1.54) is 24.8 Å². The van der Waals surface area contributed by atoms with Crippen molar-refractivity contribution >= 4 is 17.6 Å². The van der Waals surface area contributed by atoms with Gasteiger partial charge in [0.1, 0.15) is 0 Å². The monoisotopic (exact) mass is 403 g/mol. The number of hydrogen-bond donors (Lipinski definition) is 3. The van der Waals surface area contributed by atoms with Crippen LogP contribution in [0.3, 0.4) is 0 Å². The minimum Gasteiger partial charge on any atom is -0.479 e. The van der Waals surface area contributed by atoms with Crippen LogP contribution in [-0.2, 0) is 10.2 Å². The zero-order chi connectivity index (χ0) is 20.7. The summed E-state index contributed by atoms with van der Waals surface area (Å²) in [6, 6.07) is 16.8. The van der Waals surface area contributed by atoms with Crippen LogP contribution in [0.1, 0.15) is 56.8 Å². The summed E-state index contributed by atoms with van der Waals surface area (Å²) in [6.45, 7) is 4.49. The average Bonchev–Trinajstić information content (AvgIpc) is 2.62. The van der Waals surface area contributed by atoms with Gasteiger partial charge in [-0.2, -0.15) is 0 Å². The van der Waals surface area contributed by atoms with Crippen LogP contribution in [0, 0.1) is 5.92 Å². The van der Waals surface area contributed by atoms with Crippen LogP contribution < -0.4 is 5.73 Å². The molecule has 0 spiro atoms. The number of carboxylic acids is 1. The topological polar surface area (TPSA) is 83.6 Å². The first-order chi connectivity index (χ1) is 13.3. The average molecular weight is 404 g/mol. The minimum atomic E-state index is -1.41. The van der Waals surface area contributed by atoms with Crippen molar-refractivity contribution in [1.82, 2.24) is 0 Å². The van der Waals surface area contributed by atoms with Crippen LogP contribution in [0.5, 0.6) is 0 Å². The molecule has 1 aliphatic carbocycles. The fourth-order valence-electron chi connectivity index (χ4n) is 3.72. The highest BCUT2D eigenvalue weighted by atomic mass is 35.5. The summed E-state index contributed by atoms with van der Waals surface area (Å²) in [6.07, 6.45) is 3.44. The number of hydrogen-bond acceptors (Lipinski definition) is 3. The third-order valence-corrected chi connectivity index (χ3v) is 5.70. The maximum absolute atomic E-state index is 10.2. The smallest absolute Gasteiger partial charge is 0.337 e. The predicted molar refractivity (Wildman–Crippen MR) is 113 cm³/mol. The van der Waals surface area contributed by atoms with Gasteiger partial charge in [-0.25, -0.2) is 4.79 Å². The molecule has 1 unspecified atom stereocenters. The lowest BCUT2D eigenvalue weighted by Gasteiger charge is -2.47. The van der Waals surface area contributed by atoms with Gasteiger partial charge in [-0.1, -0.05) is 74.3 Å². The Morgan fingerprint density at radius 3 is 2.11 bits per heavy atom. The van der Waals surface area contributed by atoms with E-state index < -0.39 is 12.1 Å². The molecular weight excluding hydrogens is 374 g/mol.